The molecule has 24 heavy (non-hydrogen) atoms. The quantitative estimate of drug-likeness (QED) is 0.727. The molecule has 6 heteroatoms. The van der Waals surface area contributed by atoms with Crippen molar-refractivity contribution in [1.82, 2.24) is 19.9 Å². The van der Waals surface area contributed by atoms with Crippen molar-refractivity contribution < 1.29 is 0 Å². The fourth-order valence-corrected chi connectivity index (χ4v) is 4.81. The molecule has 5 nitrogen and oxygen atoms in total. The first-order valence-electron chi connectivity index (χ1n) is 8.45. The number of hydrogen-bond donors (Lipinski definition) is 1. The Balaban J connectivity index is 1.77. The molecule has 0 fully saturated rings. The van der Waals surface area contributed by atoms with Crippen molar-refractivity contribution in [3.63, 3.8) is 0 Å². The maximum atomic E-state index is 12.6. The van der Waals surface area contributed by atoms with E-state index in [0.717, 1.165) is 40.3 Å². The van der Waals surface area contributed by atoms with E-state index in [2.05, 4.69) is 15.0 Å². The van der Waals surface area contributed by atoms with Crippen molar-refractivity contribution in [2.45, 2.75) is 52.4 Å². The second-order valence-corrected chi connectivity index (χ2v) is 7.57. The highest BCUT2D eigenvalue weighted by Gasteiger charge is 2.19. The van der Waals surface area contributed by atoms with E-state index in [0.29, 0.717) is 12.2 Å². The Bertz CT molecular complexity index is 953. The van der Waals surface area contributed by atoms with Gasteiger partial charge in [0, 0.05) is 17.0 Å². The number of H-pyrrole nitrogens is 1. The number of nitrogens with one attached hydrogen (secondary N) is 1. The maximum absolute atomic E-state index is 12.6. The van der Waals surface area contributed by atoms with Gasteiger partial charge in [0.2, 0.25) is 0 Å². The second-order valence-electron chi connectivity index (χ2n) is 6.48. The average molecular weight is 340 g/mol. The topological polar surface area (TPSA) is 71.5 Å². The third-order valence-electron chi connectivity index (χ3n) is 4.49. The SMILES string of the molecule is Cc1cc(Cc2nc3sc4c(c3c(=O)[nH]2)CCCCC4)nc(C)n1. The minimum Gasteiger partial charge on any atom is -0.310 e. The molecule has 0 aromatic carbocycles. The molecule has 4 rings (SSSR count). The molecule has 0 radical (unpaired) electrons. The molecule has 124 valence electrons. The van der Waals surface area contributed by atoms with Crippen molar-refractivity contribution in [3.8, 4) is 0 Å². The first-order valence-corrected chi connectivity index (χ1v) is 9.26. The van der Waals surface area contributed by atoms with Crippen LogP contribution in [0, 0.1) is 13.8 Å². The summed E-state index contributed by atoms with van der Waals surface area (Å²) in [5.41, 5.74) is 3.06. The molecule has 1 aliphatic carbocycles. The maximum Gasteiger partial charge on any atom is 0.259 e. The van der Waals surface area contributed by atoms with Crippen LogP contribution in [0.4, 0.5) is 0 Å². The first-order chi connectivity index (χ1) is 11.6. The van der Waals surface area contributed by atoms with Crippen LogP contribution in [0.2, 0.25) is 0 Å². The fraction of sp³-hybridized carbons (Fsp3) is 0.444. The van der Waals surface area contributed by atoms with E-state index in [4.69, 9.17) is 4.98 Å². The van der Waals surface area contributed by atoms with Gasteiger partial charge in [0.05, 0.1) is 11.1 Å². The Hall–Kier alpha value is -2.08. The van der Waals surface area contributed by atoms with Gasteiger partial charge in [-0.15, -0.1) is 11.3 Å². The van der Waals surface area contributed by atoms with E-state index in [-0.39, 0.29) is 5.56 Å². The summed E-state index contributed by atoms with van der Waals surface area (Å²) < 4.78 is 0. The summed E-state index contributed by atoms with van der Waals surface area (Å²) in [6.45, 7) is 3.83. The molecule has 1 aliphatic rings. The number of hydrogen-bond acceptors (Lipinski definition) is 5. The summed E-state index contributed by atoms with van der Waals surface area (Å²) in [6.07, 6.45) is 6.24. The van der Waals surface area contributed by atoms with E-state index >= 15 is 0 Å². The van der Waals surface area contributed by atoms with Gasteiger partial charge < -0.3 is 4.98 Å². The van der Waals surface area contributed by atoms with Gasteiger partial charge in [-0.05, 0) is 51.2 Å². The van der Waals surface area contributed by atoms with E-state index < -0.39 is 0 Å². The molecule has 0 unspecified atom stereocenters. The van der Waals surface area contributed by atoms with Crippen LogP contribution < -0.4 is 5.56 Å². The third kappa shape index (κ3) is 2.86. The predicted molar refractivity (Wildman–Crippen MR) is 95.8 cm³/mol. The summed E-state index contributed by atoms with van der Waals surface area (Å²) >= 11 is 1.69. The fourth-order valence-electron chi connectivity index (χ4n) is 3.52. The number of aryl methyl sites for hydroxylation is 4. The molecule has 0 saturated heterocycles. The predicted octanol–water partition coefficient (Wildman–Crippen LogP) is 3.25. The summed E-state index contributed by atoms with van der Waals surface area (Å²) in [6, 6.07) is 1.95. The van der Waals surface area contributed by atoms with Crippen LogP contribution >= 0.6 is 11.3 Å². The molecule has 0 bridgehead atoms. The molecule has 1 N–H and O–H groups in total. The van der Waals surface area contributed by atoms with Crippen LogP contribution in [0.3, 0.4) is 0 Å². The van der Waals surface area contributed by atoms with E-state index in [1.54, 1.807) is 11.3 Å². The van der Waals surface area contributed by atoms with Crippen molar-refractivity contribution >= 4 is 21.6 Å². The lowest BCUT2D eigenvalue weighted by Gasteiger charge is -2.04. The molecular weight excluding hydrogens is 320 g/mol. The third-order valence-corrected chi connectivity index (χ3v) is 5.68. The Kier molecular flexibility index (Phi) is 3.92. The Labute approximate surface area is 144 Å². The summed E-state index contributed by atoms with van der Waals surface area (Å²) in [4.78, 5) is 31.3. The summed E-state index contributed by atoms with van der Waals surface area (Å²) in [5, 5.41) is 0.815. The van der Waals surface area contributed by atoms with Crippen molar-refractivity contribution in [2.75, 3.05) is 0 Å². The minimum absolute atomic E-state index is 0.00287. The molecule has 0 amide bonds. The lowest BCUT2D eigenvalue weighted by Crippen LogP contribution is -2.13. The van der Waals surface area contributed by atoms with E-state index in [1.807, 2.05) is 19.9 Å². The van der Waals surface area contributed by atoms with Gasteiger partial charge in [0.1, 0.15) is 16.5 Å². The lowest BCUT2D eigenvalue weighted by molar-refractivity contribution is 0.713. The molecular formula is C18H20N4OS. The number of aromatic amines is 1. The van der Waals surface area contributed by atoms with Crippen LogP contribution in [0.25, 0.3) is 10.2 Å². The normalized spacial score (nSPS) is 14.6. The number of nitrogens with zero attached hydrogens (tertiary/aromatic N) is 3. The van der Waals surface area contributed by atoms with E-state index in [9.17, 15) is 4.79 Å². The summed E-state index contributed by atoms with van der Waals surface area (Å²) in [5.74, 6) is 1.43. The van der Waals surface area contributed by atoms with Crippen LogP contribution in [0.1, 0.15) is 52.7 Å². The van der Waals surface area contributed by atoms with Gasteiger partial charge in [-0.1, -0.05) is 6.42 Å². The van der Waals surface area contributed by atoms with Gasteiger partial charge in [-0.25, -0.2) is 15.0 Å². The van der Waals surface area contributed by atoms with Crippen molar-refractivity contribution in [1.29, 1.82) is 0 Å². The Morgan fingerprint density at radius 2 is 1.96 bits per heavy atom. The van der Waals surface area contributed by atoms with Crippen LogP contribution in [0.5, 0.6) is 0 Å². The molecule has 3 heterocycles. The van der Waals surface area contributed by atoms with Gasteiger partial charge in [-0.2, -0.15) is 0 Å². The molecule has 3 aromatic rings. The first kappa shape index (κ1) is 15.4. The lowest BCUT2D eigenvalue weighted by atomic mass is 10.1. The summed E-state index contributed by atoms with van der Waals surface area (Å²) in [7, 11) is 0. The zero-order valence-electron chi connectivity index (χ0n) is 14.0. The second kappa shape index (κ2) is 6.09. The van der Waals surface area contributed by atoms with E-state index in [1.165, 1.54) is 29.7 Å². The zero-order valence-corrected chi connectivity index (χ0v) is 14.8. The number of rotatable bonds is 2. The molecule has 0 saturated carbocycles. The standard InChI is InChI=1S/C18H20N4OS/c1-10-8-12(20-11(2)19-10)9-15-21-17(23)16-13-6-4-3-5-7-14(13)24-18(16)22-15/h8H,3-7,9H2,1-2H3,(H,21,22,23). The average Bonchev–Trinajstić information content (AvgIpc) is 2.69. The minimum atomic E-state index is -0.00287. The Morgan fingerprint density at radius 1 is 1.12 bits per heavy atom. The van der Waals surface area contributed by atoms with Gasteiger partial charge in [-0.3, -0.25) is 4.79 Å². The van der Waals surface area contributed by atoms with Gasteiger partial charge in [0.25, 0.3) is 5.56 Å². The zero-order chi connectivity index (χ0) is 16.7. The van der Waals surface area contributed by atoms with Crippen LogP contribution in [-0.2, 0) is 19.3 Å². The molecule has 0 spiro atoms. The van der Waals surface area contributed by atoms with Gasteiger partial charge in [0.15, 0.2) is 0 Å². The number of aromatic nitrogens is 4. The molecule has 0 aliphatic heterocycles. The van der Waals surface area contributed by atoms with Crippen molar-refractivity contribution in [2.24, 2.45) is 0 Å². The van der Waals surface area contributed by atoms with Crippen molar-refractivity contribution in [3.05, 3.63) is 49.9 Å². The largest absolute Gasteiger partial charge is 0.310 e. The smallest absolute Gasteiger partial charge is 0.259 e. The number of thiophene rings is 1. The highest BCUT2D eigenvalue weighted by molar-refractivity contribution is 7.18. The van der Waals surface area contributed by atoms with Crippen LogP contribution in [-0.4, -0.2) is 19.9 Å². The Morgan fingerprint density at radius 3 is 2.79 bits per heavy atom. The molecule has 3 aromatic heterocycles. The molecule has 0 atom stereocenters. The number of fused-ring (bicyclic) bond motifs is 3. The van der Waals surface area contributed by atoms with Crippen LogP contribution in [0.15, 0.2) is 10.9 Å². The highest BCUT2D eigenvalue weighted by Crippen LogP contribution is 2.32. The monoisotopic (exact) mass is 340 g/mol. The highest BCUT2D eigenvalue weighted by atomic mass is 32.1. The van der Waals surface area contributed by atoms with Gasteiger partial charge >= 0.3 is 0 Å².